The van der Waals surface area contributed by atoms with Gasteiger partial charge in [0.25, 0.3) is 0 Å². The average molecular weight is 404 g/mol. The number of carbonyl (C=O) groups excluding carboxylic acids is 1. The van der Waals surface area contributed by atoms with Gasteiger partial charge >= 0.3 is 0 Å². The molecule has 0 radical (unpaired) electrons. The van der Waals surface area contributed by atoms with Gasteiger partial charge < -0.3 is 14.4 Å². The Morgan fingerprint density at radius 3 is 2.23 bits per heavy atom. The lowest BCUT2D eigenvalue weighted by molar-refractivity contribution is -0.133. The van der Waals surface area contributed by atoms with Crippen molar-refractivity contribution in [3.63, 3.8) is 0 Å². The van der Waals surface area contributed by atoms with Crippen LogP contribution in [0.3, 0.4) is 0 Å². The van der Waals surface area contributed by atoms with Crippen molar-refractivity contribution in [2.24, 2.45) is 0 Å². The third kappa shape index (κ3) is 5.86. The summed E-state index contributed by atoms with van der Waals surface area (Å²) in [6, 6.07) is 25.5. The number of rotatable bonds is 9. The number of amides is 1. The number of ether oxygens (including phenoxy) is 2. The van der Waals surface area contributed by atoms with E-state index in [2.05, 4.69) is 13.8 Å². The van der Waals surface area contributed by atoms with Crippen LogP contribution >= 0.6 is 0 Å². The maximum absolute atomic E-state index is 13.1. The summed E-state index contributed by atoms with van der Waals surface area (Å²) in [7, 11) is 1.64. The van der Waals surface area contributed by atoms with Crippen LogP contribution in [0.1, 0.15) is 31.4 Å². The molecule has 0 spiro atoms. The fourth-order valence-corrected chi connectivity index (χ4v) is 3.26. The van der Waals surface area contributed by atoms with E-state index in [0.717, 1.165) is 34.8 Å². The number of carbonyl (C=O) groups is 1. The fraction of sp³-hybridized carbons (Fsp3) is 0.269. The number of para-hydroxylation sites is 1. The lowest BCUT2D eigenvalue weighted by Gasteiger charge is -2.29. The Balaban J connectivity index is 1.72. The topological polar surface area (TPSA) is 38.8 Å². The van der Waals surface area contributed by atoms with E-state index in [1.54, 1.807) is 7.11 Å². The SMILES string of the molecule is CCC(C)N(Cc1cccc(Oc2ccccc2)c1)C(=O)Cc1ccc(OC)cc1. The first kappa shape index (κ1) is 21.4. The van der Waals surface area contributed by atoms with Crippen LogP contribution in [0.5, 0.6) is 17.2 Å². The molecule has 0 aliphatic carbocycles. The highest BCUT2D eigenvalue weighted by Crippen LogP contribution is 2.23. The first-order valence-electron chi connectivity index (χ1n) is 10.3. The number of hydrogen-bond donors (Lipinski definition) is 0. The second-order valence-electron chi connectivity index (χ2n) is 7.37. The first-order chi connectivity index (χ1) is 14.6. The van der Waals surface area contributed by atoms with E-state index < -0.39 is 0 Å². The van der Waals surface area contributed by atoms with Crippen molar-refractivity contribution in [3.05, 3.63) is 90.0 Å². The molecule has 0 aliphatic rings. The van der Waals surface area contributed by atoms with Crippen LogP contribution in [-0.4, -0.2) is 24.0 Å². The quantitative estimate of drug-likeness (QED) is 0.449. The van der Waals surface area contributed by atoms with Gasteiger partial charge in [-0.05, 0) is 60.9 Å². The molecule has 0 bridgehead atoms. The molecule has 0 aromatic heterocycles. The molecule has 0 saturated carbocycles. The van der Waals surface area contributed by atoms with Crippen LogP contribution in [0, 0.1) is 0 Å². The average Bonchev–Trinajstić information content (AvgIpc) is 2.78. The summed E-state index contributed by atoms with van der Waals surface area (Å²) in [6.45, 7) is 4.75. The molecule has 0 N–H and O–H groups in total. The number of benzene rings is 3. The molecule has 4 heteroatoms. The molecule has 0 fully saturated rings. The van der Waals surface area contributed by atoms with E-state index in [4.69, 9.17) is 9.47 Å². The van der Waals surface area contributed by atoms with Crippen LogP contribution in [0.15, 0.2) is 78.9 Å². The molecule has 3 rings (SSSR count). The summed E-state index contributed by atoms with van der Waals surface area (Å²) in [4.78, 5) is 15.1. The van der Waals surface area contributed by atoms with E-state index >= 15 is 0 Å². The monoisotopic (exact) mass is 403 g/mol. The molecule has 0 heterocycles. The van der Waals surface area contributed by atoms with Gasteiger partial charge in [0.1, 0.15) is 17.2 Å². The smallest absolute Gasteiger partial charge is 0.227 e. The number of methoxy groups -OCH3 is 1. The molecule has 1 unspecified atom stereocenters. The highest BCUT2D eigenvalue weighted by molar-refractivity contribution is 5.79. The molecule has 156 valence electrons. The van der Waals surface area contributed by atoms with Gasteiger partial charge in [-0.25, -0.2) is 0 Å². The van der Waals surface area contributed by atoms with Crippen molar-refractivity contribution in [2.45, 2.75) is 39.3 Å². The van der Waals surface area contributed by atoms with Crippen molar-refractivity contribution in [3.8, 4) is 17.2 Å². The standard InChI is InChI=1S/C26H29NO3/c1-4-20(2)27(26(28)18-21-13-15-23(29-3)16-14-21)19-22-9-8-12-25(17-22)30-24-10-6-5-7-11-24/h5-17,20H,4,18-19H2,1-3H3. The van der Waals surface area contributed by atoms with Crippen LogP contribution in [-0.2, 0) is 17.8 Å². The minimum Gasteiger partial charge on any atom is -0.497 e. The van der Waals surface area contributed by atoms with E-state index in [0.29, 0.717) is 13.0 Å². The molecular formula is C26H29NO3. The third-order valence-corrected chi connectivity index (χ3v) is 5.19. The van der Waals surface area contributed by atoms with Crippen LogP contribution in [0.4, 0.5) is 0 Å². The lowest BCUT2D eigenvalue weighted by atomic mass is 10.1. The van der Waals surface area contributed by atoms with Crippen LogP contribution in [0.25, 0.3) is 0 Å². The molecule has 4 nitrogen and oxygen atoms in total. The highest BCUT2D eigenvalue weighted by Gasteiger charge is 2.20. The van der Waals surface area contributed by atoms with Gasteiger partial charge in [-0.3, -0.25) is 4.79 Å². The Kier molecular flexibility index (Phi) is 7.50. The zero-order valence-electron chi connectivity index (χ0n) is 17.9. The Morgan fingerprint density at radius 2 is 1.57 bits per heavy atom. The molecule has 1 atom stereocenters. The summed E-state index contributed by atoms with van der Waals surface area (Å²) < 4.78 is 11.2. The fourth-order valence-electron chi connectivity index (χ4n) is 3.26. The zero-order valence-corrected chi connectivity index (χ0v) is 17.9. The van der Waals surface area contributed by atoms with Crippen molar-refractivity contribution >= 4 is 5.91 Å². The second kappa shape index (κ2) is 10.5. The maximum Gasteiger partial charge on any atom is 0.227 e. The van der Waals surface area contributed by atoms with Gasteiger partial charge in [0.2, 0.25) is 5.91 Å². The molecule has 30 heavy (non-hydrogen) atoms. The lowest BCUT2D eigenvalue weighted by Crippen LogP contribution is -2.38. The van der Waals surface area contributed by atoms with Gasteiger partial charge in [0.15, 0.2) is 0 Å². The maximum atomic E-state index is 13.1. The van der Waals surface area contributed by atoms with E-state index in [-0.39, 0.29) is 11.9 Å². The minimum absolute atomic E-state index is 0.115. The van der Waals surface area contributed by atoms with Crippen LogP contribution < -0.4 is 9.47 Å². The normalized spacial score (nSPS) is 11.6. The second-order valence-corrected chi connectivity index (χ2v) is 7.37. The van der Waals surface area contributed by atoms with Crippen molar-refractivity contribution in [2.75, 3.05) is 7.11 Å². The van der Waals surface area contributed by atoms with Gasteiger partial charge in [-0.15, -0.1) is 0 Å². The summed E-state index contributed by atoms with van der Waals surface area (Å²) in [5, 5.41) is 0. The van der Waals surface area contributed by atoms with Crippen LogP contribution in [0.2, 0.25) is 0 Å². The molecular weight excluding hydrogens is 374 g/mol. The van der Waals surface area contributed by atoms with Crippen molar-refractivity contribution < 1.29 is 14.3 Å². The van der Waals surface area contributed by atoms with Crippen molar-refractivity contribution in [1.29, 1.82) is 0 Å². The third-order valence-electron chi connectivity index (χ3n) is 5.19. The summed E-state index contributed by atoms with van der Waals surface area (Å²) in [5.74, 6) is 2.47. The summed E-state index contributed by atoms with van der Waals surface area (Å²) >= 11 is 0. The van der Waals surface area contributed by atoms with E-state index in [9.17, 15) is 4.79 Å². The van der Waals surface area contributed by atoms with Gasteiger partial charge in [0.05, 0.1) is 13.5 Å². The largest absolute Gasteiger partial charge is 0.497 e. The van der Waals surface area contributed by atoms with Gasteiger partial charge in [-0.1, -0.05) is 49.4 Å². The predicted molar refractivity (Wildman–Crippen MR) is 120 cm³/mol. The first-order valence-corrected chi connectivity index (χ1v) is 10.3. The van der Waals surface area contributed by atoms with Gasteiger partial charge in [0, 0.05) is 12.6 Å². The number of hydrogen-bond acceptors (Lipinski definition) is 3. The minimum atomic E-state index is 0.115. The van der Waals surface area contributed by atoms with E-state index in [1.165, 1.54) is 0 Å². The molecule has 3 aromatic carbocycles. The number of nitrogens with zero attached hydrogens (tertiary/aromatic N) is 1. The molecule has 0 saturated heterocycles. The molecule has 0 aliphatic heterocycles. The highest BCUT2D eigenvalue weighted by atomic mass is 16.5. The van der Waals surface area contributed by atoms with E-state index in [1.807, 2.05) is 83.8 Å². The molecule has 3 aromatic rings. The van der Waals surface area contributed by atoms with Gasteiger partial charge in [-0.2, -0.15) is 0 Å². The summed E-state index contributed by atoms with van der Waals surface area (Å²) in [6.07, 6.45) is 1.27. The Labute approximate surface area is 179 Å². The predicted octanol–water partition coefficient (Wildman–Crippen LogP) is 5.86. The summed E-state index contributed by atoms with van der Waals surface area (Å²) in [5.41, 5.74) is 2.03. The Hall–Kier alpha value is -3.27. The van der Waals surface area contributed by atoms with Crippen molar-refractivity contribution in [1.82, 2.24) is 4.90 Å². The Bertz CT molecular complexity index is 938. The Morgan fingerprint density at radius 1 is 0.867 bits per heavy atom. The molecule has 1 amide bonds. The zero-order chi connectivity index (χ0) is 21.3.